The third kappa shape index (κ3) is 5.31. The van der Waals surface area contributed by atoms with Crippen molar-refractivity contribution in [3.8, 4) is 17.2 Å². The SMILES string of the molecule is CCCCCCCOc1ccc([C@@H]2Oc3ccc(Cl)cc3[C@@H]3CC(c4ccc(OC)cc4)=NN32)cc1. The van der Waals surface area contributed by atoms with Gasteiger partial charge < -0.3 is 14.2 Å². The third-order valence-electron chi connectivity index (χ3n) is 6.86. The van der Waals surface area contributed by atoms with Crippen molar-refractivity contribution in [3.63, 3.8) is 0 Å². The molecule has 0 aliphatic carbocycles. The van der Waals surface area contributed by atoms with Crippen LogP contribution in [0.2, 0.25) is 5.02 Å². The Morgan fingerprint density at radius 2 is 1.69 bits per heavy atom. The summed E-state index contributed by atoms with van der Waals surface area (Å²) in [5, 5.41) is 7.81. The van der Waals surface area contributed by atoms with Gasteiger partial charge in [0, 0.05) is 22.6 Å². The van der Waals surface area contributed by atoms with Crippen LogP contribution in [0.15, 0.2) is 71.8 Å². The molecule has 0 amide bonds. The molecular weight excluding hydrogens is 472 g/mol. The molecule has 0 fully saturated rings. The Bertz CT molecular complexity index is 1190. The second-order valence-corrected chi connectivity index (χ2v) is 9.80. The van der Waals surface area contributed by atoms with Crippen molar-refractivity contribution < 1.29 is 14.2 Å². The fourth-order valence-corrected chi connectivity index (χ4v) is 5.04. The highest BCUT2D eigenvalue weighted by molar-refractivity contribution is 6.30. The maximum absolute atomic E-state index is 6.48. The van der Waals surface area contributed by atoms with E-state index >= 15 is 0 Å². The summed E-state index contributed by atoms with van der Waals surface area (Å²) >= 11 is 6.36. The highest BCUT2D eigenvalue weighted by Gasteiger charge is 2.41. The van der Waals surface area contributed by atoms with Crippen LogP contribution in [0.3, 0.4) is 0 Å². The number of halogens is 1. The molecule has 188 valence electrons. The lowest BCUT2D eigenvalue weighted by molar-refractivity contribution is -0.0190. The molecule has 2 aliphatic heterocycles. The molecule has 5 rings (SSSR count). The Balaban J connectivity index is 1.36. The summed E-state index contributed by atoms with van der Waals surface area (Å²) in [6.07, 6.45) is 6.58. The largest absolute Gasteiger partial charge is 0.497 e. The van der Waals surface area contributed by atoms with Gasteiger partial charge in [-0.1, -0.05) is 44.2 Å². The molecule has 3 aromatic rings. The molecule has 2 heterocycles. The molecule has 2 aliphatic rings. The summed E-state index contributed by atoms with van der Waals surface area (Å²) in [4.78, 5) is 0. The number of hydrogen-bond donors (Lipinski definition) is 0. The van der Waals surface area contributed by atoms with Crippen LogP contribution in [-0.4, -0.2) is 24.4 Å². The normalized spacial score (nSPS) is 18.2. The predicted molar refractivity (Wildman–Crippen MR) is 144 cm³/mol. The lowest BCUT2D eigenvalue weighted by atomic mass is 9.96. The van der Waals surface area contributed by atoms with E-state index in [0.29, 0.717) is 5.02 Å². The van der Waals surface area contributed by atoms with Crippen molar-refractivity contribution in [2.45, 2.75) is 57.7 Å². The maximum Gasteiger partial charge on any atom is 0.213 e. The van der Waals surface area contributed by atoms with Gasteiger partial charge in [0.15, 0.2) is 0 Å². The average Bonchev–Trinajstić information content (AvgIpc) is 3.37. The van der Waals surface area contributed by atoms with E-state index in [4.69, 9.17) is 30.9 Å². The summed E-state index contributed by atoms with van der Waals surface area (Å²) < 4.78 is 17.8. The minimum absolute atomic E-state index is 0.0496. The Morgan fingerprint density at radius 1 is 0.944 bits per heavy atom. The highest BCUT2D eigenvalue weighted by Crippen LogP contribution is 2.48. The van der Waals surface area contributed by atoms with E-state index in [1.54, 1.807) is 7.11 Å². The van der Waals surface area contributed by atoms with Crippen molar-refractivity contribution in [2.24, 2.45) is 5.10 Å². The molecule has 5 nitrogen and oxygen atoms in total. The summed E-state index contributed by atoms with van der Waals surface area (Å²) in [5.41, 5.74) is 4.20. The van der Waals surface area contributed by atoms with Crippen LogP contribution < -0.4 is 14.2 Å². The van der Waals surface area contributed by atoms with Crippen molar-refractivity contribution >= 4 is 17.3 Å². The van der Waals surface area contributed by atoms with Gasteiger partial charge in [-0.3, -0.25) is 0 Å². The summed E-state index contributed by atoms with van der Waals surface area (Å²) in [5.74, 6) is 2.57. The summed E-state index contributed by atoms with van der Waals surface area (Å²) in [6.45, 7) is 2.98. The number of unbranched alkanes of at least 4 members (excludes halogenated alkanes) is 4. The van der Waals surface area contributed by atoms with Crippen molar-refractivity contribution in [1.82, 2.24) is 5.01 Å². The second kappa shape index (κ2) is 11.3. The number of nitrogens with zero attached hydrogens (tertiary/aromatic N) is 2. The van der Waals surface area contributed by atoms with Crippen LogP contribution >= 0.6 is 11.6 Å². The first-order valence-electron chi connectivity index (χ1n) is 12.9. The molecule has 36 heavy (non-hydrogen) atoms. The molecule has 0 radical (unpaired) electrons. The average molecular weight is 505 g/mol. The lowest BCUT2D eigenvalue weighted by Crippen LogP contribution is -2.33. The van der Waals surface area contributed by atoms with Gasteiger partial charge in [-0.2, -0.15) is 5.10 Å². The molecule has 2 atom stereocenters. The minimum Gasteiger partial charge on any atom is -0.497 e. The number of benzene rings is 3. The Hall–Kier alpha value is -3.18. The molecular formula is C30H33ClN2O3. The van der Waals surface area contributed by atoms with E-state index in [1.165, 1.54) is 25.7 Å². The van der Waals surface area contributed by atoms with Crippen molar-refractivity contribution in [2.75, 3.05) is 13.7 Å². The van der Waals surface area contributed by atoms with Crippen LogP contribution in [0.1, 0.15) is 74.4 Å². The van der Waals surface area contributed by atoms with Crippen molar-refractivity contribution in [3.05, 3.63) is 88.4 Å². The topological polar surface area (TPSA) is 43.3 Å². The van der Waals surface area contributed by atoms with E-state index < -0.39 is 0 Å². The van der Waals surface area contributed by atoms with Gasteiger partial charge in [0.2, 0.25) is 6.23 Å². The first kappa shape index (κ1) is 24.5. The Kier molecular flexibility index (Phi) is 7.66. The Morgan fingerprint density at radius 3 is 2.44 bits per heavy atom. The van der Waals surface area contributed by atoms with E-state index in [1.807, 2.05) is 42.5 Å². The van der Waals surface area contributed by atoms with Crippen LogP contribution in [0.4, 0.5) is 0 Å². The van der Waals surface area contributed by atoms with E-state index in [2.05, 4.69) is 36.2 Å². The molecule has 3 aromatic carbocycles. The highest BCUT2D eigenvalue weighted by atomic mass is 35.5. The zero-order chi connectivity index (χ0) is 24.9. The van der Waals surface area contributed by atoms with Crippen LogP contribution in [0.25, 0.3) is 0 Å². The van der Waals surface area contributed by atoms with Gasteiger partial charge in [0.1, 0.15) is 17.2 Å². The quantitative estimate of drug-likeness (QED) is 0.263. The van der Waals surface area contributed by atoms with Gasteiger partial charge in [-0.05, 0) is 78.7 Å². The molecule has 0 spiro atoms. The number of ether oxygens (including phenoxy) is 3. The predicted octanol–water partition coefficient (Wildman–Crippen LogP) is 7.94. The minimum atomic E-state index is -0.331. The van der Waals surface area contributed by atoms with Crippen LogP contribution in [0.5, 0.6) is 17.2 Å². The van der Waals surface area contributed by atoms with Gasteiger partial charge >= 0.3 is 0 Å². The zero-order valence-electron chi connectivity index (χ0n) is 21.0. The molecule has 0 bridgehead atoms. The van der Waals surface area contributed by atoms with Gasteiger partial charge in [-0.25, -0.2) is 5.01 Å². The smallest absolute Gasteiger partial charge is 0.213 e. The number of methoxy groups -OCH3 is 1. The molecule has 0 saturated heterocycles. The van der Waals surface area contributed by atoms with Gasteiger partial charge in [-0.15, -0.1) is 0 Å². The first-order valence-corrected chi connectivity index (χ1v) is 13.2. The monoisotopic (exact) mass is 504 g/mol. The number of hydrogen-bond acceptors (Lipinski definition) is 5. The molecule has 6 heteroatoms. The van der Waals surface area contributed by atoms with Crippen LogP contribution in [-0.2, 0) is 0 Å². The van der Waals surface area contributed by atoms with E-state index in [9.17, 15) is 0 Å². The lowest BCUT2D eigenvalue weighted by Gasteiger charge is -2.38. The van der Waals surface area contributed by atoms with E-state index in [-0.39, 0.29) is 12.3 Å². The molecule has 0 aromatic heterocycles. The van der Waals surface area contributed by atoms with E-state index in [0.717, 1.165) is 59.1 Å². The first-order chi connectivity index (χ1) is 17.7. The summed E-state index contributed by atoms with van der Waals surface area (Å²) in [6, 6.07) is 22.1. The standard InChI is InChI=1S/C30H33ClN2O3/c1-3-4-5-6-7-18-35-25-15-10-22(11-16-25)30-33-28(26-19-23(31)12-17-29(26)36-30)20-27(32-33)21-8-13-24(34-2)14-9-21/h8-17,19,28,30H,3-7,18,20H2,1-2H3/t28-,30-/m0/s1. The molecule has 0 N–H and O–H groups in total. The number of rotatable bonds is 10. The zero-order valence-corrected chi connectivity index (χ0v) is 21.7. The van der Waals surface area contributed by atoms with Gasteiger partial charge in [0.05, 0.1) is 25.5 Å². The second-order valence-electron chi connectivity index (χ2n) is 9.36. The van der Waals surface area contributed by atoms with Crippen molar-refractivity contribution in [1.29, 1.82) is 0 Å². The Labute approximate surface area is 218 Å². The number of fused-ring (bicyclic) bond motifs is 3. The fraction of sp³-hybridized carbons (Fsp3) is 0.367. The van der Waals surface area contributed by atoms with Gasteiger partial charge in [0.25, 0.3) is 0 Å². The summed E-state index contributed by atoms with van der Waals surface area (Å²) in [7, 11) is 1.68. The molecule has 0 unspecified atom stereocenters. The van der Waals surface area contributed by atoms with Crippen LogP contribution in [0, 0.1) is 0 Å². The maximum atomic E-state index is 6.48. The fourth-order valence-electron chi connectivity index (χ4n) is 4.86. The molecule has 0 saturated carbocycles. The third-order valence-corrected chi connectivity index (χ3v) is 7.09. The number of hydrazone groups is 1.